The van der Waals surface area contributed by atoms with Gasteiger partial charge in [-0.2, -0.15) is 0 Å². The first-order chi connectivity index (χ1) is 9.00. The number of Topliss-reactive ketones (excluding diaryl/α,β-unsaturated/α-hetero) is 1. The van der Waals surface area contributed by atoms with Gasteiger partial charge >= 0.3 is 0 Å². The van der Waals surface area contributed by atoms with Gasteiger partial charge in [-0.05, 0) is 17.7 Å². The maximum Gasteiger partial charge on any atom is 0.229 e. The highest BCUT2D eigenvalue weighted by Crippen LogP contribution is 2.26. The minimum atomic E-state index is -0.543. The molecular weight excluding hydrogens is 282 g/mol. The minimum absolute atomic E-state index is 0.0595. The SMILES string of the molecule is CC(=O)NC(CSSC(=O)c1ccccc1)C(C)=O. The molecule has 0 saturated carbocycles. The maximum atomic E-state index is 11.8. The molecule has 0 aliphatic heterocycles. The Hall–Kier alpha value is -1.27. The molecule has 1 amide bonds. The van der Waals surface area contributed by atoms with Crippen LogP contribution in [0.2, 0.25) is 0 Å². The first-order valence-corrected chi connectivity index (χ1v) is 7.99. The number of ketones is 1. The highest BCUT2D eigenvalue weighted by molar-refractivity contribution is 8.82. The fourth-order valence-corrected chi connectivity index (χ4v) is 3.37. The van der Waals surface area contributed by atoms with Gasteiger partial charge in [0.05, 0.1) is 6.04 Å². The zero-order valence-electron chi connectivity index (χ0n) is 10.7. The Morgan fingerprint density at radius 3 is 2.32 bits per heavy atom. The van der Waals surface area contributed by atoms with Crippen LogP contribution in [-0.2, 0) is 9.59 Å². The third kappa shape index (κ3) is 5.94. The molecule has 1 aromatic carbocycles. The summed E-state index contributed by atoms with van der Waals surface area (Å²) in [5, 5.41) is 2.50. The summed E-state index contributed by atoms with van der Waals surface area (Å²) in [6.07, 6.45) is 0. The molecule has 4 nitrogen and oxygen atoms in total. The molecule has 0 heterocycles. The summed E-state index contributed by atoms with van der Waals surface area (Å²) in [6.45, 7) is 2.79. The van der Waals surface area contributed by atoms with Crippen LogP contribution < -0.4 is 5.32 Å². The van der Waals surface area contributed by atoms with E-state index in [-0.39, 0.29) is 16.8 Å². The molecule has 0 aliphatic rings. The largest absolute Gasteiger partial charge is 0.346 e. The van der Waals surface area contributed by atoms with Gasteiger partial charge < -0.3 is 5.32 Å². The standard InChI is InChI=1S/C13H15NO3S2/c1-9(15)12(14-10(2)16)8-18-19-13(17)11-6-4-3-5-7-11/h3-7,12H,8H2,1-2H3,(H,14,16). The summed E-state index contributed by atoms with van der Waals surface area (Å²) >= 11 is 0. The Kier molecular flexibility index (Phi) is 6.66. The molecule has 0 radical (unpaired) electrons. The molecule has 0 saturated heterocycles. The van der Waals surface area contributed by atoms with Crippen molar-refractivity contribution in [2.24, 2.45) is 0 Å². The van der Waals surface area contributed by atoms with Crippen LogP contribution in [0.25, 0.3) is 0 Å². The summed E-state index contributed by atoms with van der Waals surface area (Å²) in [4.78, 5) is 34.0. The van der Waals surface area contributed by atoms with Gasteiger partial charge in [0, 0.05) is 18.2 Å². The van der Waals surface area contributed by atoms with Crippen molar-refractivity contribution in [3.63, 3.8) is 0 Å². The zero-order chi connectivity index (χ0) is 14.3. The van der Waals surface area contributed by atoms with E-state index in [4.69, 9.17) is 0 Å². The van der Waals surface area contributed by atoms with Crippen LogP contribution in [0.5, 0.6) is 0 Å². The molecule has 0 fully saturated rings. The first kappa shape index (κ1) is 15.8. The van der Waals surface area contributed by atoms with E-state index in [9.17, 15) is 14.4 Å². The number of hydrogen-bond acceptors (Lipinski definition) is 5. The van der Waals surface area contributed by atoms with Gasteiger partial charge in [0.1, 0.15) is 0 Å². The van der Waals surface area contributed by atoms with E-state index in [1.165, 1.54) is 24.6 Å². The molecule has 1 N–H and O–H groups in total. The number of amides is 1. The highest BCUT2D eigenvalue weighted by atomic mass is 33.1. The van der Waals surface area contributed by atoms with Crippen molar-refractivity contribution < 1.29 is 14.4 Å². The van der Waals surface area contributed by atoms with Crippen molar-refractivity contribution in [2.75, 3.05) is 5.75 Å². The molecule has 0 spiro atoms. The number of rotatable bonds is 6. The molecule has 102 valence electrons. The maximum absolute atomic E-state index is 11.8. The molecule has 1 rings (SSSR count). The Balaban J connectivity index is 2.42. The molecule has 0 aliphatic carbocycles. The lowest BCUT2D eigenvalue weighted by molar-refractivity contribution is -0.125. The Morgan fingerprint density at radius 2 is 1.79 bits per heavy atom. The Bertz CT molecular complexity index is 462. The summed E-state index contributed by atoms with van der Waals surface area (Å²) in [5.74, 6) is 0.00803. The van der Waals surface area contributed by atoms with Gasteiger partial charge in [-0.25, -0.2) is 0 Å². The second kappa shape index (κ2) is 8.01. The van der Waals surface area contributed by atoms with Gasteiger partial charge in [-0.3, -0.25) is 14.4 Å². The molecular formula is C13H15NO3S2. The van der Waals surface area contributed by atoms with E-state index in [2.05, 4.69) is 5.32 Å². The van der Waals surface area contributed by atoms with Gasteiger partial charge in [0.25, 0.3) is 0 Å². The Labute approximate surface area is 120 Å². The van der Waals surface area contributed by atoms with Crippen molar-refractivity contribution in [2.45, 2.75) is 19.9 Å². The van der Waals surface area contributed by atoms with Crippen LogP contribution in [0.15, 0.2) is 30.3 Å². The number of benzene rings is 1. The predicted molar refractivity (Wildman–Crippen MR) is 79.1 cm³/mol. The van der Waals surface area contributed by atoms with Gasteiger partial charge in [0.15, 0.2) is 5.78 Å². The van der Waals surface area contributed by atoms with E-state index < -0.39 is 6.04 Å². The molecule has 0 bridgehead atoms. The van der Waals surface area contributed by atoms with Crippen LogP contribution in [0.3, 0.4) is 0 Å². The van der Waals surface area contributed by atoms with E-state index in [1.54, 1.807) is 24.3 Å². The quantitative estimate of drug-likeness (QED) is 0.816. The van der Waals surface area contributed by atoms with Crippen molar-refractivity contribution in [3.05, 3.63) is 35.9 Å². The summed E-state index contributed by atoms with van der Waals surface area (Å²) < 4.78 is 0. The zero-order valence-corrected chi connectivity index (χ0v) is 12.3. The van der Waals surface area contributed by atoms with E-state index in [0.29, 0.717) is 11.3 Å². The topological polar surface area (TPSA) is 63.2 Å². The lowest BCUT2D eigenvalue weighted by Crippen LogP contribution is -2.40. The van der Waals surface area contributed by atoms with Crippen molar-refractivity contribution in [3.8, 4) is 0 Å². The average molecular weight is 297 g/mol. The first-order valence-electron chi connectivity index (χ1n) is 5.67. The molecule has 6 heteroatoms. The fourth-order valence-electron chi connectivity index (χ4n) is 1.28. The predicted octanol–water partition coefficient (Wildman–Crippen LogP) is 2.30. The highest BCUT2D eigenvalue weighted by Gasteiger charge is 2.16. The average Bonchev–Trinajstić information content (AvgIpc) is 2.37. The number of hydrogen-bond donors (Lipinski definition) is 1. The van der Waals surface area contributed by atoms with Gasteiger partial charge in [-0.15, -0.1) is 0 Å². The third-order valence-corrected chi connectivity index (χ3v) is 4.44. The number of carbonyl (C=O) groups is 3. The minimum Gasteiger partial charge on any atom is -0.346 e. The van der Waals surface area contributed by atoms with Crippen molar-refractivity contribution in [1.82, 2.24) is 5.32 Å². The summed E-state index contributed by atoms with van der Waals surface area (Å²) in [6, 6.07) is 8.39. The van der Waals surface area contributed by atoms with E-state index >= 15 is 0 Å². The molecule has 19 heavy (non-hydrogen) atoms. The van der Waals surface area contributed by atoms with Gasteiger partial charge in [-0.1, -0.05) is 41.1 Å². The van der Waals surface area contributed by atoms with Crippen LogP contribution in [-0.4, -0.2) is 28.6 Å². The molecule has 1 atom stereocenters. The Morgan fingerprint density at radius 1 is 1.16 bits per heavy atom. The van der Waals surface area contributed by atoms with Crippen molar-refractivity contribution in [1.29, 1.82) is 0 Å². The molecule has 1 unspecified atom stereocenters. The van der Waals surface area contributed by atoms with E-state index in [0.717, 1.165) is 10.8 Å². The van der Waals surface area contributed by atoms with E-state index in [1.807, 2.05) is 6.07 Å². The van der Waals surface area contributed by atoms with Gasteiger partial charge in [0.2, 0.25) is 11.0 Å². The lowest BCUT2D eigenvalue weighted by Gasteiger charge is -2.13. The molecule has 1 aromatic rings. The second-order valence-electron chi connectivity index (χ2n) is 3.89. The van der Waals surface area contributed by atoms with Crippen LogP contribution in [0, 0.1) is 0 Å². The third-order valence-electron chi connectivity index (χ3n) is 2.25. The summed E-state index contributed by atoms with van der Waals surface area (Å²) in [7, 11) is 2.34. The fraction of sp³-hybridized carbons (Fsp3) is 0.308. The molecule has 0 aromatic heterocycles. The van der Waals surface area contributed by atoms with Crippen LogP contribution in [0.1, 0.15) is 24.2 Å². The van der Waals surface area contributed by atoms with Crippen molar-refractivity contribution >= 4 is 38.4 Å². The number of carbonyl (C=O) groups excluding carboxylic acids is 3. The number of nitrogens with one attached hydrogen (secondary N) is 1. The second-order valence-corrected chi connectivity index (χ2v) is 6.20. The smallest absolute Gasteiger partial charge is 0.229 e. The monoisotopic (exact) mass is 297 g/mol. The van der Waals surface area contributed by atoms with Crippen LogP contribution in [0.4, 0.5) is 0 Å². The lowest BCUT2D eigenvalue weighted by atomic mass is 10.2. The van der Waals surface area contributed by atoms with Crippen LogP contribution >= 0.6 is 21.6 Å². The normalized spacial score (nSPS) is 11.7. The summed E-state index contributed by atoms with van der Waals surface area (Å²) in [5.41, 5.74) is 0.624.